The molecular weight excluding hydrogens is 443 g/mol. The summed E-state index contributed by atoms with van der Waals surface area (Å²) < 4.78 is 13.7. The molecule has 1 heterocycles. The predicted octanol–water partition coefficient (Wildman–Crippen LogP) is 5.21. The Bertz CT molecular complexity index is 1280. The number of benzene rings is 2. The highest BCUT2D eigenvalue weighted by Gasteiger charge is 2.53. The summed E-state index contributed by atoms with van der Waals surface area (Å²) in [6, 6.07) is 19.0. The van der Waals surface area contributed by atoms with Crippen molar-refractivity contribution in [2.75, 3.05) is 12.0 Å². The second-order valence-electron chi connectivity index (χ2n) is 10.1. The summed E-state index contributed by atoms with van der Waals surface area (Å²) >= 11 is 0. The van der Waals surface area contributed by atoms with E-state index in [1.54, 1.807) is 30.5 Å². The van der Waals surface area contributed by atoms with Gasteiger partial charge in [0.25, 0.3) is 5.91 Å². The molecule has 1 saturated carbocycles. The van der Waals surface area contributed by atoms with E-state index in [1.807, 2.05) is 31.2 Å². The van der Waals surface area contributed by atoms with Crippen molar-refractivity contribution < 1.29 is 19.1 Å². The first kappa shape index (κ1) is 23.4. The molecule has 0 aliphatic heterocycles. The number of rotatable bonds is 5. The highest BCUT2D eigenvalue weighted by atomic mass is 19.1. The van der Waals surface area contributed by atoms with Gasteiger partial charge in [-0.15, -0.1) is 0 Å². The number of Topliss-reactive ketones (excluding diaryl/α,β-unsaturated/α-hetero) is 1. The van der Waals surface area contributed by atoms with Gasteiger partial charge in [-0.05, 0) is 73.9 Å². The number of amides is 1. The van der Waals surface area contributed by atoms with Gasteiger partial charge < -0.3 is 10.4 Å². The Morgan fingerprint density at radius 2 is 1.94 bits per heavy atom. The van der Waals surface area contributed by atoms with Crippen LogP contribution in [0.1, 0.15) is 63.2 Å². The number of aromatic nitrogens is 1. The highest BCUT2D eigenvalue weighted by Crippen LogP contribution is 2.54. The van der Waals surface area contributed by atoms with Gasteiger partial charge in [0.15, 0.2) is 5.78 Å². The molecule has 5 nitrogen and oxygen atoms in total. The number of hydrogen-bond donors (Lipinski definition) is 2. The van der Waals surface area contributed by atoms with Crippen LogP contribution in [0.15, 0.2) is 66.9 Å². The normalized spacial score (nSPS) is 25.5. The molecular formula is C29H29FN2O3. The van der Waals surface area contributed by atoms with Crippen molar-refractivity contribution >= 4 is 17.4 Å². The third kappa shape index (κ3) is 4.27. The molecule has 2 aliphatic carbocycles. The lowest BCUT2D eigenvalue weighted by Gasteiger charge is -2.52. The lowest BCUT2D eigenvalue weighted by atomic mass is 9.52. The molecule has 0 unspecified atom stereocenters. The van der Waals surface area contributed by atoms with Crippen molar-refractivity contribution in [3.63, 3.8) is 0 Å². The van der Waals surface area contributed by atoms with Crippen molar-refractivity contribution in [1.82, 2.24) is 4.98 Å². The van der Waals surface area contributed by atoms with Crippen LogP contribution in [0.2, 0.25) is 0 Å². The van der Waals surface area contributed by atoms with E-state index in [1.165, 1.54) is 0 Å². The summed E-state index contributed by atoms with van der Waals surface area (Å²) in [5.41, 5.74) is 2.55. The standard InChI is InChI=1S/C29H29FN2O3/c1-19-25(8-5-13-31-19)32-27(34)21-9-10-24-23(14-21)26(33)15-22-17-28(35,18-30)11-12-29(22,24)16-20-6-3-2-4-7-20/h2-10,13-14,22,35H,11-12,15-18H2,1H3,(H,32,34)/t22-,28-,29+/m1/s1. The van der Waals surface area contributed by atoms with E-state index in [0.29, 0.717) is 41.8 Å². The first-order chi connectivity index (χ1) is 16.8. The summed E-state index contributed by atoms with van der Waals surface area (Å²) in [4.78, 5) is 30.5. The maximum Gasteiger partial charge on any atom is 0.255 e. The van der Waals surface area contributed by atoms with Crippen LogP contribution in [-0.2, 0) is 11.8 Å². The molecule has 2 aromatic carbocycles. The maximum atomic E-state index is 13.7. The third-order valence-electron chi connectivity index (χ3n) is 7.86. The van der Waals surface area contributed by atoms with Gasteiger partial charge in [0.1, 0.15) is 6.67 Å². The van der Waals surface area contributed by atoms with Gasteiger partial charge in [-0.1, -0.05) is 36.4 Å². The van der Waals surface area contributed by atoms with Crippen molar-refractivity contribution in [2.45, 2.75) is 50.0 Å². The monoisotopic (exact) mass is 472 g/mol. The Morgan fingerprint density at radius 3 is 2.69 bits per heavy atom. The molecule has 6 heteroatoms. The first-order valence-corrected chi connectivity index (χ1v) is 12.1. The molecule has 1 aromatic heterocycles. The third-order valence-corrected chi connectivity index (χ3v) is 7.86. The summed E-state index contributed by atoms with van der Waals surface area (Å²) in [6.07, 6.45) is 3.76. The maximum absolute atomic E-state index is 13.7. The van der Waals surface area contributed by atoms with Gasteiger partial charge >= 0.3 is 0 Å². The molecule has 2 N–H and O–H groups in total. The molecule has 0 bridgehead atoms. The van der Waals surface area contributed by atoms with E-state index in [2.05, 4.69) is 22.4 Å². The Labute approximate surface area is 204 Å². The zero-order chi connectivity index (χ0) is 24.6. The van der Waals surface area contributed by atoms with Gasteiger partial charge in [0.2, 0.25) is 0 Å². The van der Waals surface area contributed by atoms with E-state index in [-0.39, 0.29) is 30.4 Å². The molecule has 1 amide bonds. The minimum atomic E-state index is -1.38. The van der Waals surface area contributed by atoms with Crippen molar-refractivity contribution in [2.24, 2.45) is 5.92 Å². The van der Waals surface area contributed by atoms with E-state index < -0.39 is 17.7 Å². The van der Waals surface area contributed by atoms with Crippen LogP contribution >= 0.6 is 0 Å². The van der Waals surface area contributed by atoms with Crippen LogP contribution in [0.25, 0.3) is 0 Å². The van der Waals surface area contributed by atoms with Crippen LogP contribution < -0.4 is 5.32 Å². The Morgan fingerprint density at radius 1 is 1.14 bits per heavy atom. The molecule has 1 fully saturated rings. The molecule has 3 aromatic rings. The fourth-order valence-corrected chi connectivity index (χ4v) is 5.94. The molecule has 0 radical (unpaired) electrons. The van der Waals surface area contributed by atoms with Crippen LogP contribution in [0, 0.1) is 12.8 Å². The zero-order valence-corrected chi connectivity index (χ0v) is 19.8. The fraction of sp³-hybridized carbons (Fsp3) is 0.345. The van der Waals surface area contributed by atoms with Gasteiger partial charge in [-0.2, -0.15) is 0 Å². The lowest BCUT2D eigenvalue weighted by Crippen LogP contribution is -2.53. The number of nitrogens with zero attached hydrogens (tertiary/aromatic N) is 1. The summed E-state index contributed by atoms with van der Waals surface area (Å²) in [7, 11) is 0. The number of pyridine rings is 1. The number of carbonyl (C=O) groups excluding carboxylic acids is 2. The Balaban J connectivity index is 1.54. The van der Waals surface area contributed by atoms with E-state index in [9.17, 15) is 19.1 Å². The second-order valence-corrected chi connectivity index (χ2v) is 10.1. The van der Waals surface area contributed by atoms with E-state index >= 15 is 0 Å². The first-order valence-electron chi connectivity index (χ1n) is 12.1. The highest BCUT2D eigenvalue weighted by molar-refractivity contribution is 6.07. The number of carbonyl (C=O) groups is 2. The number of aryl methyl sites for hydroxylation is 1. The minimum absolute atomic E-state index is 0.0657. The number of alkyl halides is 1. The number of anilines is 1. The van der Waals surface area contributed by atoms with Crippen LogP contribution in [0.5, 0.6) is 0 Å². The smallest absolute Gasteiger partial charge is 0.255 e. The summed E-state index contributed by atoms with van der Waals surface area (Å²) in [5.74, 6) is -0.537. The summed E-state index contributed by atoms with van der Waals surface area (Å²) in [6.45, 7) is 1.01. The average Bonchev–Trinajstić information content (AvgIpc) is 2.87. The largest absolute Gasteiger partial charge is 0.387 e. The second kappa shape index (κ2) is 9.00. The molecule has 2 aliphatic rings. The van der Waals surface area contributed by atoms with Gasteiger partial charge in [0, 0.05) is 29.2 Å². The molecule has 5 rings (SSSR count). The van der Waals surface area contributed by atoms with Crippen molar-refractivity contribution in [3.05, 3.63) is 94.8 Å². The lowest BCUT2D eigenvalue weighted by molar-refractivity contribution is -0.0622. The molecule has 3 atom stereocenters. The Hall–Kier alpha value is -3.38. The van der Waals surface area contributed by atoms with Crippen LogP contribution in [-0.4, -0.2) is 34.1 Å². The van der Waals surface area contributed by atoms with Crippen LogP contribution in [0.3, 0.4) is 0 Å². The molecule has 0 saturated heterocycles. The predicted molar refractivity (Wildman–Crippen MR) is 132 cm³/mol. The van der Waals surface area contributed by atoms with Crippen LogP contribution in [0.4, 0.5) is 10.1 Å². The molecule has 180 valence electrons. The number of nitrogens with one attached hydrogen (secondary N) is 1. The molecule has 0 spiro atoms. The summed E-state index contributed by atoms with van der Waals surface area (Å²) in [5, 5.41) is 13.7. The average molecular weight is 473 g/mol. The number of hydrogen-bond acceptors (Lipinski definition) is 4. The quantitative estimate of drug-likeness (QED) is 0.534. The zero-order valence-electron chi connectivity index (χ0n) is 19.8. The topological polar surface area (TPSA) is 79.3 Å². The van der Waals surface area contributed by atoms with Gasteiger partial charge in [-0.25, -0.2) is 4.39 Å². The van der Waals surface area contributed by atoms with Gasteiger partial charge in [0.05, 0.1) is 17.0 Å². The minimum Gasteiger partial charge on any atom is -0.387 e. The van der Waals surface area contributed by atoms with E-state index in [4.69, 9.17) is 0 Å². The fourth-order valence-electron chi connectivity index (χ4n) is 5.94. The van der Waals surface area contributed by atoms with Crippen molar-refractivity contribution in [3.8, 4) is 0 Å². The van der Waals surface area contributed by atoms with Gasteiger partial charge in [-0.3, -0.25) is 14.6 Å². The Kier molecular flexibility index (Phi) is 6.01. The van der Waals surface area contributed by atoms with Crippen molar-refractivity contribution in [1.29, 1.82) is 0 Å². The number of ketones is 1. The number of aliphatic hydroxyl groups is 1. The number of fused-ring (bicyclic) bond motifs is 3. The van der Waals surface area contributed by atoms with E-state index in [0.717, 1.165) is 11.1 Å². The molecule has 35 heavy (non-hydrogen) atoms. The number of halogens is 1. The SMILES string of the molecule is Cc1ncccc1NC(=O)c1ccc2c(c1)C(=O)C[C@@H]1C[C@@](O)(CF)CC[C@@]21Cc1ccccc1.